The van der Waals surface area contributed by atoms with Gasteiger partial charge in [-0.05, 0) is 37.2 Å². The van der Waals surface area contributed by atoms with Crippen LogP contribution in [0.5, 0.6) is 0 Å². The van der Waals surface area contributed by atoms with Crippen LogP contribution in [0.2, 0.25) is 0 Å². The summed E-state index contributed by atoms with van der Waals surface area (Å²) in [6.07, 6.45) is 0. The normalized spacial score (nSPS) is 11.5. The summed E-state index contributed by atoms with van der Waals surface area (Å²) >= 11 is 4.93. The lowest BCUT2D eigenvalue weighted by Crippen LogP contribution is -2.55. The summed E-state index contributed by atoms with van der Waals surface area (Å²) in [4.78, 5) is 24.3. The molecule has 0 heterocycles. The molecule has 0 bridgehead atoms. The first-order chi connectivity index (χ1) is 10.9. The maximum Gasteiger partial charge on any atom is 0.261 e. The van der Waals surface area contributed by atoms with Gasteiger partial charge in [0.15, 0.2) is 5.11 Å². The lowest BCUT2D eigenvalue weighted by molar-refractivity contribution is -0.124. The average molecular weight is 340 g/mol. The predicted molar refractivity (Wildman–Crippen MR) is 90.0 cm³/mol. The fraction of sp³-hybridized carbons (Fsp3) is 0.400. The SMILES string of the molecule is CCNC(=S)NNC(=O)[C@H](NC(=O)c1ccccc1F)C(C)C. The lowest BCUT2D eigenvalue weighted by atomic mass is 10.0. The third kappa shape index (κ3) is 5.82. The van der Waals surface area contributed by atoms with Gasteiger partial charge < -0.3 is 10.6 Å². The van der Waals surface area contributed by atoms with Crippen molar-refractivity contribution in [3.8, 4) is 0 Å². The minimum absolute atomic E-state index is 0.109. The minimum atomic E-state index is -0.834. The first-order valence-corrected chi connectivity index (χ1v) is 7.66. The fourth-order valence-electron chi connectivity index (χ4n) is 1.80. The zero-order valence-electron chi connectivity index (χ0n) is 13.3. The van der Waals surface area contributed by atoms with E-state index in [9.17, 15) is 14.0 Å². The van der Waals surface area contributed by atoms with Crippen molar-refractivity contribution in [3.05, 3.63) is 35.6 Å². The van der Waals surface area contributed by atoms with Gasteiger partial charge in [0, 0.05) is 6.54 Å². The molecule has 1 aromatic rings. The largest absolute Gasteiger partial charge is 0.362 e. The van der Waals surface area contributed by atoms with Crippen molar-refractivity contribution in [2.24, 2.45) is 5.92 Å². The van der Waals surface area contributed by atoms with Crippen LogP contribution >= 0.6 is 12.2 Å². The number of carbonyl (C=O) groups excluding carboxylic acids is 2. The van der Waals surface area contributed by atoms with Crippen LogP contribution < -0.4 is 21.5 Å². The molecule has 126 valence electrons. The van der Waals surface area contributed by atoms with E-state index >= 15 is 0 Å². The molecule has 0 saturated carbocycles. The second kappa shape index (κ2) is 9.04. The van der Waals surface area contributed by atoms with Crippen LogP contribution in [0.1, 0.15) is 31.1 Å². The zero-order chi connectivity index (χ0) is 17.4. The number of halogens is 1. The van der Waals surface area contributed by atoms with Crippen molar-refractivity contribution in [1.82, 2.24) is 21.5 Å². The van der Waals surface area contributed by atoms with E-state index in [1.165, 1.54) is 18.2 Å². The maximum atomic E-state index is 13.6. The van der Waals surface area contributed by atoms with Crippen LogP contribution in [0.15, 0.2) is 24.3 Å². The molecule has 1 aromatic carbocycles. The molecule has 1 rings (SSSR count). The van der Waals surface area contributed by atoms with E-state index < -0.39 is 23.7 Å². The molecule has 2 amide bonds. The van der Waals surface area contributed by atoms with Crippen LogP contribution in [0.25, 0.3) is 0 Å². The Bertz CT molecular complexity index is 580. The Labute approximate surface area is 140 Å². The van der Waals surface area contributed by atoms with E-state index in [4.69, 9.17) is 12.2 Å². The minimum Gasteiger partial charge on any atom is -0.362 e. The average Bonchev–Trinajstić information content (AvgIpc) is 2.50. The number of rotatable bonds is 5. The Morgan fingerprint density at radius 2 is 1.87 bits per heavy atom. The Balaban J connectivity index is 2.71. The monoisotopic (exact) mass is 340 g/mol. The second-order valence-electron chi connectivity index (χ2n) is 5.15. The first kappa shape index (κ1) is 18.8. The van der Waals surface area contributed by atoms with Crippen molar-refractivity contribution >= 4 is 29.1 Å². The summed E-state index contributed by atoms with van der Waals surface area (Å²) in [5.74, 6) is -1.95. The Hall–Kier alpha value is -2.22. The lowest BCUT2D eigenvalue weighted by Gasteiger charge is -2.22. The molecule has 0 aliphatic carbocycles. The molecule has 0 aliphatic heterocycles. The van der Waals surface area contributed by atoms with Gasteiger partial charge in [-0.1, -0.05) is 26.0 Å². The van der Waals surface area contributed by atoms with Crippen LogP contribution in [-0.4, -0.2) is 29.5 Å². The number of carbonyl (C=O) groups is 2. The number of hydrazine groups is 1. The van der Waals surface area contributed by atoms with Crippen molar-refractivity contribution < 1.29 is 14.0 Å². The molecule has 8 heteroatoms. The van der Waals surface area contributed by atoms with E-state index in [0.29, 0.717) is 6.54 Å². The molecule has 23 heavy (non-hydrogen) atoms. The van der Waals surface area contributed by atoms with Crippen molar-refractivity contribution in [3.63, 3.8) is 0 Å². The van der Waals surface area contributed by atoms with E-state index in [1.54, 1.807) is 19.9 Å². The number of amides is 2. The highest BCUT2D eigenvalue weighted by molar-refractivity contribution is 7.80. The Kier molecular flexibility index (Phi) is 7.40. The van der Waals surface area contributed by atoms with Gasteiger partial charge in [0.25, 0.3) is 11.8 Å². The van der Waals surface area contributed by atoms with E-state index in [-0.39, 0.29) is 16.6 Å². The third-order valence-electron chi connectivity index (χ3n) is 2.99. The van der Waals surface area contributed by atoms with Gasteiger partial charge in [-0.25, -0.2) is 4.39 Å². The van der Waals surface area contributed by atoms with Crippen molar-refractivity contribution in [2.75, 3.05) is 6.54 Å². The van der Waals surface area contributed by atoms with Gasteiger partial charge in [0.05, 0.1) is 5.56 Å². The van der Waals surface area contributed by atoms with Crippen LogP contribution in [-0.2, 0) is 4.79 Å². The molecule has 1 atom stereocenters. The van der Waals surface area contributed by atoms with Gasteiger partial charge >= 0.3 is 0 Å². The molecule has 0 radical (unpaired) electrons. The molecule has 0 fully saturated rings. The number of thiocarbonyl (C=S) groups is 1. The number of hydrogen-bond donors (Lipinski definition) is 4. The Morgan fingerprint density at radius 3 is 2.43 bits per heavy atom. The van der Waals surface area contributed by atoms with Crippen molar-refractivity contribution in [2.45, 2.75) is 26.8 Å². The van der Waals surface area contributed by atoms with Crippen molar-refractivity contribution in [1.29, 1.82) is 0 Å². The third-order valence-corrected chi connectivity index (χ3v) is 3.24. The predicted octanol–water partition coefficient (Wildman–Crippen LogP) is 1.10. The highest BCUT2D eigenvalue weighted by Gasteiger charge is 2.25. The first-order valence-electron chi connectivity index (χ1n) is 7.25. The summed E-state index contributed by atoms with van der Waals surface area (Å²) in [5, 5.41) is 5.61. The summed E-state index contributed by atoms with van der Waals surface area (Å²) in [6.45, 7) is 6.02. The summed E-state index contributed by atoms with van der Waals surface area (Å²) in [5.41, 5.74) is 4.85. The van der Waals surface area contributed by atoms with Crippen LogP contribution in [0.3, 0.4) is 0 Å². The number of benzene rings is 1. The molecule has 0 saturated heterocycles. The summed E-state index contributed by atoms with van der Waals surface area (Å²) in [7, 11) is 0. The molecule has 0 aliphatic rings. The number of hydrogen-bond acceptors (Lipinski definition) is 3. The number of nitrogens with one attached hydrogen (secondary N) is 4. The quantitative estimate of drug-likeness (QED) is 0.477. The maximum absolute atomic E-state index is 13.6. The van der Waals surface area contributed by atoms with Gasteiger partial charge in [-0.15, -0.1) is 0 Å². The molecule has 0 spiro atoms. The van der Waals surface area contributed by atoms with Crippen LogP contribution in [0, 0.1) is 11.7 Å². The van der Waals surface area contributed by atoms with E-state index in [1.807, 2.05) is 6.92 Å². The Morgan fingerprint density at radius 1 is 1.22 bits per heavy atom. The summed E-state index contributed by atoms with van der Waals surface area (Å²) < 4.78 is 13.6. The van der Waals surface area contributed by atoms with Gasteiger partial charge in [0.1, 0.15) is 11.9 Å². The van der Waals surface area contributed by atoms with E-state index in [2.05, 4.69) is 21.5 Å². The molecular formula is C15H21FN4O2S. The van der Waals surface area contributed by atoms with E-state index in [0.717, 1.165) is 0 Å². The standard InChI is InChI=1S/C15H21FN4O2S/c1-4-17-15(23)20-19-14(22)12(9(2)3)18-13(21)10-7-5-6-8-11(10)16/h5-9,12H,4H2,1-3H3,(H,18,21)(H,19,22)(H2,17,20,23)/t12-/m1/s1. The highest BCUT2D eigenvalue weighted by Crippen LogP contribution is 2.08. The fourth-order valence-corrected chi connectivity index (χ4v) is 2.00. The zero-order valence-corrected chi connectivity index (χ0v) is 14.1. The molecule has 0 unspecified atom stereocenters. The topological polar surface area (TPSA) is 82.3 Å². The molecular weight excluding hydrogens is 319 g/mol. The summed E-state index contributed by atoms with van der Waals surface area (Å²) in [6, 6.07) is 4.76. The van der Waals surface area contributed by atoms with Gasteiger partial charge in [0.2, 0.25) is 0 Å². The van der Waals surface area contributed by atoms with Crippen LogP contribution in [0.4, 0.5) is 4.39 Å². The van der Waals surface area contributed by atoms with Gasteiger partial charge in [-0.3, -0.25) is 20.4 Å². The van der Waals surface area contributed by atoms with Gasteiger partial charge in [-0.2, -0.15) is 0 Å². The molecule has 4 N–H and O–H groups in total. The highest BCUT2D eigenvalue weighted by atomic mass is 32.1. The second-order valence-corrected chi connectivity index (χ2v) is 5.56. The smallest absolute Gasteiger partial charge is 0.261 e. The molecule has 6 nitrogen and oxygen atoms in total. The molecule has 0 aromatic heterocycles.